The van der Waals surface area contributed by atoms with E-state index in [-0.39, 0.29) is 12.1 Å². The molecule has 0 amide bonds. The maximum Gasteiger partial charge on any atom is 0.330 e. The SMILES string of the molecule is C=CC(=O)OC(C)CCCCCCCCCCCCC[Si](I)(I)I. The van der Waals surface area contributed by atoms with Gasteiger partial charge in [0.2, 0.25) is 0 Å². The van der Waals surface area contributed by atoms with Crippen molar-refractivity contribution < 1.29 is 9.53 Å². The molecule has 0 heterocycles. The van der Waals surface area contributed by atoms with Crippen LogP contribution in [0.25, 0.3) is 0 Å². The highest BCUT2D eigenvalue weighted by atomic mass is 127. The second kappa shape index (κ2) is 16.8. The molecule has 24 heavy (non-hydrogen) atoms. The number of carbonyl (C=O) groups excluding carboxylic acids is 1. The molecular weight excluding hydrogens is 657 g/mol. The number of ether oxygens (including phenoxy) is 1. The average molecular weight is 690 g/mol. The molecule has 0 N–H and O–H groups in total. The molecule has 2 nitrogen and oxygen atoms in total. The van der Waals surface area contributed by atoms with E-state index in [2.05, 4.69) is 72.0 Å². The Morgan fingerprint density at radius 2 is 1.33 bits per heavy atom. The number of rotatable bonds is 16. The summed E-state index contributed by atoms with van der Waals surface area (Å²) in [7, 11) is 0. The Morgan fingerprint density at radius 3 is 1.75 bits per heavy atom. The molecule has 1 atom stereocenters. The Balaban J connectivity index is 3.20. The molecule has 0 fully saturated rings. The predicted octanol–water partition coefficient (Wildman–Crippen LogP) is 8.03. The lowest BCUT2D eigenvalue weighted by atomic mass is 10.0. The number of hydrogen-bond donors (Lipinski definition) is 0. The lowest BCUT2D eigenvalue weighted by molar-refractivity contribution is -0.142. The van der Waals surface area contributed by atoms with Crippen molar-refractivity contribution in [2.24, 2.45) is 0 Å². The topological polar surface area (TPSA) is 26.3 Å². The second-order valence-electron chi connectivity index (χ2n) is 6.49. The van der Waals surface area contributed by atoms with Crippen molar-refractivity contribution in [1.29, 1.82) is 0 Å². The van der Waals surface area contributed by atoms with Crippen LogP contribution in [0.5, 0.6) is 0 Å². The summed E-state index contributed by atoms with van der Waals surface area (Å²) in [6.07, 6.45) is 17.2. The van der Waals surface area contributed by atoms with Crippen LogP contribution in [0.1, 0.15) is 84.0 Å². The minimum absolute atomic E-state index is 0.0231. The first-order valence-corrected chi connectivity index (χ1v) is 20.8. The van der Waals surface area contributed by atoms with E-state index in [1.54, 1.807) is 0 Å². The largest absolute Gasteiger partial charge is 0.460 e. The van der Waals surface area contributed by atoms with E-state index in [0.717, 1.165) is 12.8 Å². The van der Waals surface area contributed by atoms with Gasteiger partial charge in [-0.1, -0.05) is 136 Å². The summed E-state index contributed by atoms with van der Waals surface area (Å²) in [5, 5.41) is 0. The van der Waals surface area contributed by atoms with Crippen LogP contribution >= 0.6 is 65.4 Å². The molecule has 0 rings (SSSR count). The molecule has 0 aromatic rings. The van der Waals surface area contributed by atoms with Gasteiger partial charge in [-0.15, -0.1) is 0 Å². The third kappa shape index (κ3) is 19.9. The van der Waals surface area contributed by atoms with Gasteiger partial charge < -0.3 is 4.74 Å². The van der Waals surface area contributed by atoms with Gasteiger partial charge in [0.05, 0.1) is 6.10 Å². The molecule has 0 bridgehead atoms. The molecule has 0 spiro atoms. The van der Waals surface area contributed by atoms with E-state index in [0.29, 0.717) is 0 Å². The van der Waals surface area contributed by atoms with Crippen LogP contribution in [-0.2, 0) is 9.53 Å². The fourth-order valence-corrected chi connectivity index (χ4v) is 6.74. The quantitative estimate of drug-likeness (QED) is 0.0410. The lowest BCUT2D eigenvalue weighted by Crippen LogP contribution is -2.12. The maximum absolute atomic E-state index is 11.0. The summed E-state index contributed by atoms with van der Waals surface area (Å²) < 4.78 is 4.27. The Hall–Kier alpha value is 1.62. The van der Waals surface area contributed by atoms with Gasteiger partial charge in [0.15, 0.2) is 0 Å². The zero-order chi connectivity index (χ0) is 18.3. The summed E-state index contributed by atoms with van der Waals surface area (Å²) in [6.45, 7) is 5.38. The van der Waals surface area contributed by atoms with Crippen molar-refractivity contribution >= 4 is 71.9 Å². The monoisotopic (exact) mass is 690 g/mol. The van der Waals surface area contributed by atoms with Crippen molar-refractivity contribution in [2.45, 2.75) is 96.1 Å². The zero-order valence-corrected chi connectivity index (χ0v) is 22.5. The van der Waals surface area contributed by atoms with E-state index in [1.807, 2.05) is 6.92 Å². The van der Waals surface area contributed by atoms with Gasteiger partial charge in [-0.2, -0.15) is 0 Å². The number of halogens is 3. The summed E-state index contributed by atoms with van der Waals surface area (Å²) in [6, 6.07) is 1.46. The maximum atomic E-state index is 11.0. The number of unbranched alkanes of at least 4 members (excludes halogenated alkanes) is 10. The van der Waals surface area contributed by atoms with E-state index < -0.39 is 0.564 Å². The van der Waals surface area contributed by atoms with Crippen LogP contribution in [0.3, 0.4) is 0 Å². The highest BCUT2D eigenvalue weighted by Crippen LogP contribution is 2.35. The van der Waals surface area contributed by atoms with E-state index in [9.17, 15) is 4.79 Å². The van der Waals surface area contributed by atoms with E-state index >= 15 is 0 Å². The van der Waals surface area contributed by atoms with Crippen LogP contribution in [0.2, 0.25) is 6.04 Å². The molecule has 0 aliphatic carbocycles. The fraction of sp³-hybridized carbons (Fsp3) is 0.833. The predicted molar refractivity (Wildman–Crippen MR) is 134 cm³/mol. The highest BCUT2D eigenvalue weighted by Gasteiger charge is 2.19. The standard InChI is InChI=1S/C18H33I3O2Si/c1-3-18(22)23-17(2)15-13-11-9-7-5-4-6-8-10-12-14-16-24(19,20)21/h3,17H,1,4-16H2,2H3. The third-order valence-electron chi connectivity index (χ3n) is 4.05. The first-order chi connectivity index (χ1) is 11.3. The van der Waals surface area contributed by atoms with Gasteiger partial charge in [-0.05, 0) is 25.8 Å². The second-order valence-corrected chi connectivity index (χ2v) is 43.4. The Morgan fingerprint density at radius 1 is 0.917 bits per heavy atom. The van der Waals surface area contributed by atoms with Crippen LogP contribution in [0.4, 0.5) is 0 Å². The highest BCUT2D eigenvalue weighted by molar-refractivity contribution is 14.4. The molecule has 0 aliphatic heterocycles. The molecule has 142 valence electrons. The minimum atomic E-state index is -0.891. The molecular formula is C18H33I3O2Si. The summed E-state index contributed by atoms with van der Waals surface area (Å²) in [4.78, 5) is 11.0. The lowest BCUT2D eigenvalue weighted by Gasteiger charge is -2.11. The molecule has 0 saturated heterocycles. The molecule has 0 saturated carbocycles. The summed E-state index contributed by atoms with van der Waals surface area (Å²) in [5.74, 6) is -0.304. The van der Waals surface area contributed by atoms with Gasteiger partial charge >= 0.3 is 5.97 Å². The first kappa shape index (κ1) is 25.6. The van der Waals surface area contributed by atoms with Crippen molar-refractivity contribution in [3.05, 3.63) is 12.7 Å². The Bertz CT molecular complexity index is 333. The number of carbonyl (C=O) groups is 1. The van der Waals surface area contributed by atoms with Gasteiger partial charge in [0.1, 0.15) is 0 Å². The van der Waals surface area contributed by atoms with E-state index in [1.165, 1.54) is 76.3 Å². The molecule has 0 aromatic heterocycles. The molecule has 0 aromatic carbocycles. The fourth-order valence-electron chi connectivity index (χ4n) is 2.65. The smallest absolute Gasteiger partial charge is 0.330 e. The summed E-state index contributed by atoms with van der Waals surface area (Å²) in [5.41, 5.74) is 0. The number of esters is 1. The van der Waals surface area contributed by atoms with Crippen LogP contribution in [0.15, 0.2) is 12.7 Å². The third-order valence-corrected chi connectivity index (χ3v) is 9.83. The van der Waals surface area contributed by atoms with Crippen molar-refractivity contribution in [2.75, 3.05) is 0 Å². The number of hydrogen-bond acceptors (Lipinski definition) is 2. The van der Waals surface area contributed by atoms with Gasteiger partial charge in [-0.3, -0.25) is 0 Å². The van der Waals surface area contributed by atoms with Gasteiger partial charge in [0.25, 0.3) is 0.564 Å². The van der Waals surface area contributed by atoms with Crippen molar-refractivity contribution in [1.82, 2.24) is 0 Å². The molecule has 1 unspecified atom stereocenters. The molecule has 0 radical (unpaired) electrons. The summed E-state index contributed by atoms with van der Waals surface area (Å²) >= 11 is 8.00. The first-order valence-electron chi connectivity index (χ1n) is 9.25. The molecule has 0 aliphatic rings. The zero-order valence-electron chi connectivity index (χ0n) is 15.0. The van der Waals surface area contributed by atoms with E-state index in [4.69, 9.17) is 4.74 Å². The van der Waals surface area contributed by atoms with Gasteiger partial charge in [-0.25, -0.2) is 4.79 Å². The van der Waals surface area contributed by atoms with Gasteiger partial charge in [0, 0.05) is 6.08 Å². The van der Waals surface area contributed by atoms with Crippen molar-refractivity contribution in [3.63, 3.8) is 0 Å². The van der Waals surface area contributed by atoms with Crippen LogP contribution < -0.4 is 0 Å². The average Bonchev–Trinajstić information content (AvgIpc) is 2.50. The minimum Gasteiger partial charge on any atom is -0.460 e. The van der Waals surface area contributed by atoms with Crippen LogP contribution in [-0.4, -0.2) is 12.6 Å². The Labute approximate surface area is 188 Å². The molecule has 6 heteroatoms. The van der Waals surface area contributed by atoms with Crippen LogP contribution in [0, 0.1) is 0 Å². The Kier molecular flexibility index (Phi) is 17.9. The van der Waals surface area contributed by atoms with Crippen molar-refractivity contribution in [3.8, 4) is 0 Å². The normalized spacial score (nSPS) is 12.8.